The molecule has 0 spiro atoms. The van der Waals surface area contributed by atoms with Crippen molar-refractivity contribution >= 4 is 42.8 Å². The molecule has 5 rings (SSSR count). The Morgan fingerprint density at radius 1 is 0.700 bits per heavy atom. The van der Waals surface area contributed by atoms with E-state index < -0.39 is 0 Å². The number of halogens is 2. The molecule has 0 aliphatic heterocycles. The minimum absolute atomic E-state index is 0.612. The fraction of sp³-hybridized carbons (Fsp3) is 0.0417. The Labute approximate surface area is 190 Å². The molecule has 1 N–H and O–H groups in total. The fourth-order valence-electron chi connectivity index (χ4n) is 3.49. The molecule has 0 bridgehead atoms. The molecule has 0 saturated heterocycles. The van der Waals surface area contributed by atoms with Gasteiger partial charge in [-0.2, -0.15) is 0 Å². The molecule has 2 heterocycles. The molecule has 0 amide bonds. The van der Waals surface area contributed by atoms with E-state index in [-0.39, 0.29) is 0 Å². The van der Waals surface area contributed by atoms with Gasteiger partial charge in [-0.15, -0.1) is 10.2 Å². The molecular weight excluding hydrogens is 504 g/mol. The summed E-state index contributed by atoms with van der Waals surface area (Å²) in [7, 11) is 0. The van der Waals surface area contributed by atoms with Gasteiger partial charge in [-0.3, -0.25) is 0 Å². The van der Waals surface area contributed by atoms with Gasteiger partial charge < -0.3 is 4.98 Å². The number of fused-ring (bicyclic) bond motifs is 1. The first-order valence-electron chi connectivity index (χ1n) is 9.48. The van der Waals surface area contributed by atoms with Crippen molar-refractivity contribution in [3.8, 4) is 22.5 Å². The summed E-state index contributed by atoms with van der Waals surface area (Å²) in [6.45, 7) is 0. The van der Waals surface area contributed by atoms with E-state index in [1.165, 1.54) is 5.39 Å². The standard InChI is InChI=1S/C24H16Br2N4/c25-18-9-5-15(6-10-18)23-24(16-7-11-19(26)12-8-16)30-29-22(28-23)13-17-14-27-21-4-2-1-3-20(17)21/h1-12,14,27H,13H2. The topological polar surface area (TPSA) is 54.5 Å². The van der Waals surface area contributed by atoms with Gasteiger partial charge in [0, 0.05) is 43.6 Å². The van der Waals surface area contributed by atoms with Gasteiger partial charge in [0.15, 0.2) is 5.82 Å². The monoisotopic (exact) mass is 518 g/mol. The second-order valence-corrected chi connectivity index (χ2v) is 8.81. The van der Waals surface area contributed by atoms with Crippen LogP contribution >= 0.6 is 31.9 Å². The van der Waals surface area contributed by atoms with Crippen LogP contribution in [0.15, 0.2) is 87.9 Å². The molecule has 3 aromatic carbocycles. The number of nitrogens with zero attached hydrogens (tertiary/aromatic N) is 3. The van der Waals surface area contributed by atoms with E-state index >= 15 is 0 Å². The maximum absolute atomic E-state index is 4.94. The van der Waals surface area contributed by atoms with Crippen molar-refractivity contribution in [2.45, 2.75) is 6.42 Å². The van der Waals surface area contributed by atoms with Crippen molar-refractivity contribution in [3.05, 3.63) is 99.3 Å². The molecule has 146 valence electrons. The third-order valence-corrected chi connectivity index (χ3v) is 6.05. The summed E-state index contributed by atoms with van der Waals surface area (Å²) in [6.07, 6.45) is 2.64. The number of aromatic amines is 1. The normalized spacial score (nSPS) is 11.1. The quantitative estimate of drug-likeness (QED) is 0.284. The molecule has 0 aliphatic carbocycles. The first-order chi connectivity index (χ1) is 14.7. The highest BCUT2D eigenvalue weighted by Crippen LogP contribution is 2.30. The summed E-state index contributed by atoms with van der Waals surface area (Å²) < 4.78 is 2.05. The zero-order chi connectivity index (χ0) is 20.5. The molecule has 6 heteroatoms. The predicted octanol–water partition coefficient (Wildman–Crippen LogP) is 6.80. The second-order valence-electron chi connectivity index (χ2n) is 6.98. The number of aromatic nitrogens is 4. The summed E-state index contributed by atoms with van der Waals surface area (Å²) in [4.78, 5) is 8.26. The summed E-state index contributed by atoms with van der Waals surface area (Å²) >= 11 is 7.00. The Morgan fingerprint density at radius 2 is 1.33 bits per heavy atom. The van der Waals surface area contributed by atoms with Crippen LogP contribution in [-0.2, 0) is 6.42 Å². The number of H-pyrrole nitrogens is 1. The summed E-state index contributed by atoms with van der Waals surface area (Å²) in [5.74, 6) is 0.693. The molecule has 0 atom stereocenters. The second kappa shape index (κ2) is 8.13. The van der Waals surface area contributed by atoms with Gasteiger partial charge in [0.1, 0.15) is 11.4 Å². The number of nitrogens with one attached hydrogen (secondary N) is 1. The summed E-state index contributed by atoms with van der Waals surface area (Å²) in [5.41, 5.74) is 5.86. The van der Waals surface area contributed by atoms with Gasteiger partial charge in [-0.1, -0.05) is 74.3 Å². The van der Waals surface area contributed by atoms with Crippen LogP contribution in [0, 0.1) is 0 Å². The van der Waals surface area contributed by atoms with E-state index in [0.717, 1.165) is 42.5 Å². The van der Waals surface area contributed by atoms with Gasteiger partial charge in [-0.25, -0.2) is 4.98 Å². The Balaban J connectivity index is 1.60. The lowest BCUT2D eigenvalue weighted by molar-refractivity contribution is 0.876. The molecule has 4 nitrogen and oxygen atoms in total. The Morgan fingerprint density at radius 3 is 2.03 bits per heavy atom. The van der Waals surface area contributed by atoms with Crippen molar-refractivity contribution in [2.24, 2.45) is 0 Å². The highest BCUT2D eigenvalue weighted by Gasteiger charge is 2.15. The summed E-state index contributed by atoms with van der Waals surface area (Å²) in [5, 5.41) is 10.2. The Kier molecular flexibility index (Phi) is 5.19. The first-order valence-corrected chi connectivity index (χ1v) is 11.1. The van der Waals surface area contributed by atoms with Crippen LogP contribution < -0.4 is 0 Å². The lowest BCUT2D eigenvalue weighted by Gasteiger charge is -2.10. The van der Waals surface area contributed by atoms with Gasteiger partial charge in [0.2, 0.25) is 0 Å². The lowest BCUT2D eigenvalue weighted by atomic mass is 10.0. The van der Waals surface area contributed by atoms with E-state index in [0.29, 0.717) is 12.2 Å². The van der Waals surface area contributed by atoms with Crippen LogP contribution in [-0.4, -0.2) is 20.2 Å². The molecule has 5 aromatic rings. The molecule has 0 unspecified atom stereocenters. The molecule has 2 aromatic heterocycles. The number of para-hydroxylation sites is 1. The smallest absolute Gasteiger partial charge is 0.156 e. The van der Waals surface area contributed by atoms with E-state index in [2.05, 4.69) is 59.2 Å². The maximum atomic E-state index is 4.94. The van der Waals surface area contributed by atoms with E-state index in [1.807, 2.05) is 66.9 Å². The Hall–Kier alpha value is -2.83. The average molecular weight is 520 g/mol. The van der Waals surface area contributed by atoms with Crippen LogP contribution in [0.2, 0.25) is 0 Å². The van der Waals surface area contributed by atoms with Gasteiger partial charge in [0.25, 0.3) is 0 Å². The van der Waals surface area contributed by atoms with E-state index in [9.17, 15) is 0 Å². The van der Waals surface area contributed by atoms with Crippen molar-refractivity contribution < 1.29 is 0 Å². The third kappa shape index (κ3) is 3.80. The van der Waals surface area contributed by atoms with Crippen LogP contribution in [0.4, 0.5) is 0 Å². The predicted molar refractivity (Wildman–Crippen MR) is 127 cm³/mol. The molecule has 0 saturated carbocycles. The SMILES string of the molecule is Brc1ccc(-c2nnc(Cc3c[nH]c4ccccc34)nc2-c2ccc(Br)cc2)cc1. The molecule has 0 fully saturated rings. The van der Waals surface area contributed by atoms with Crippen LogP contribution in [0.25, 0.3) is 33.4 Å². The highest BCUT2D eigenvalue weighted by atomic mass is 79.9. The zero-order valence-electron chi connectivity index (χ0n) is 15.8. The van der Waals surface area contributed by atoms with E-state index in [4.69, 9.17) is 4.98 Å². The van der Waals surface area contributed by atoms with Gasteiger partial charge in [-0.05, 0) is 35.9 Å². The first kappa shape index (κ1) is 19.2. The van der Waals surface area contributed by atoms with Crippen molar-refractivity contribution in [1.29, 1.82) is 0 Å². The molecular formula is C24H16Br2N4. The minimum Gasteiger partial charge on any atom is -0.361 e. The van der Waals surface area contributed by atoms with Crippen molar-refractivity contribution in [1.82, 2.24) is 20.2 Å². The van der Waals surface area contributed by atoms with Gasteiger partial charge >= 0.3 is 0 Å². The van der Waals surface area contributed by atoms with Gasteiger partial charge in [0.05, 0.1) is 0 Å². The molecule has 0 radical (unpaired) electrons. The summed E-state index contributed by atoms with van der Waals surface area (Å²) in [6, 6.07) is 24.4. The fourth-order valence-corrected chi connectivity index (χ4v) is 4.02. The van der Waals surface area contributed by atoms with Crippen molar-refractivity contribution in [3.63, 3.8) is 0 Å². The maximum Gasteiger partial charge on any atom is 0.156 e. The van der Waals surface area contributed by atoms with Crippen LogP contribution in [0.1, 0.15) is 11.4 Å². The third-order valence-electron chi connectivity index (χ3n) is 4.99. The highest BCUT2D eigenvalue weighted by molar-refractivity contribution is 9.10. The minimum atomic E-state index is 0.612. The number of hydrogen-bond donors (Lipinski definition) is 1. The van der Waals surface area contributed by atoms with Crippen LogP contribution in [0.5, 0.6) is 0 Å². The van der Waals surface area contributed by atoms with E-state index in [1.54, 1.807) is 0 Å². The Bertz CT molecular complexity index is 1330. The lowest BCUT2D eigenvalue weighted by Crippen LogP contribution is -2.03. The van der Waals surface area contributed by atoms with Crippen LogP contribution in [0.3, 0.4) is 0 Å². The average Bonchev–Trinajstić information content (AvgIpc) is 3.18. The van der Waals surface area contributed by atoms with Crippen molar-refractivity contribution in [2.75, 3.05) is 0 Å². The number of benzene rings is 3. The number of rotatable bonds is 4. The molecule has 30 heavy (non-hydrogen) atoms. The largest absolute Gasteiger partial charge is 0.361 e. The zero-order valence-corrected chi connectivity index (χ0v) is 19.0. The molecule has 0 aliphatic rings. The number of hydrogen-bond acceptors (Lipinski definition) is 3.